The molecule has 1 saturated heterocycles. The highest BCUT2D eigenvalue weighted by Gasteiger charge is 2.61. The molecule has 0 N–H and O–H groups in total. The Bertz CT molecular complexity index is 927. The lowest BCUT2D eigenvalue weighted by molar-refractivity contribution is -0.128. The first-order valence-electron chi connectivity index (χ1n) is 8.06. The van der Waals surface area contributed by atoms with Crippen LogP contribution in [-0.2, 0) is 19.3 Å². The summed E-state index contributed by atoms with van der Waals surface area (Å²) in [5.74, 6) is -0.121. The molecule has 132 valence electrons. The molecule has 0 aromatic heterocycles. The van der Waals surface area contributed by atoms with Gasteiger partial charge in [0.1, 0.15) is 5.75 Å². The van der Waals surface area contributed by atoms with E-state index in [-0.39, 0.29) is 17.6 Å². The molecule has 2 heterocycles. The number of hydrogen-bond acceptors (Lipinski definition) is 5. The lowest BCUT2D eigenvalue weighted by atomic mass is 10.0. The molecule has 4 rings (SSSR count). The van der Waals surface area contributed by atoms with Crippen molar-refractivity contribution in [3.63, 3.8) is 0 Å². The molecule has 1 atom stereocenters. The van der Waals surface area contributed by atoms with Crippen LogP contribution in [0.3, 0.4) is 0 Å². The molecule has 26 heavy (non-hydrogen) atoms. The van der Waals surface area contributed by atoms with Crippen molar-refractivity contribution in [2.45, 2.75) is 11.8 Å². The fourth-order valence-electron chi connectivity index (χ4n) is 3.53. The number of carbonyl (C=O) groups is 3. The summed E-state index contributed by atoms with van der Waals surface area (Å²) < 4.78 is 5.17. The molecule has 2 aliphatic rings. The van der Waals surface area contributed by atoms with E-state index >= 15 is 0 Å². The molecular weight excluding hydrogens is 352 g/mol. The number of benzene rings is 2. The minimum atomic E-state index is -1.26. The minimum absolute atomic E-state index is 0.165. The van der Waals surface area contributed by atoms with Gasteiger partial charge in [-0.1, -0.05) is 18.2 Å². The SMILES string of the molecule is COc1ccc(N2C(=O)CSC23C(=O)N(C(C)=O)c2ccccc23)cc1. The Labute approximate surface area is 154 Å². The Morgan fingerprint density at radius 1 is 1.12 bits per heavy atom. The van der Waals surface area contributed by atoms with Gasteiger partial charge in [0, 0.05) is 18.2 Å². The standard InChI is InChI=1S/C19H16N2O4S/c1-12(22)20-16-6-4-3-5-15(16)19(18(20)24)21(17(23)11-26-19)13-7-9-14(25-2)10-8-13/h3-10H,11H2,1-2H3. The zero-order valence-electron chi connectivity index (χ0n) is 14.3. The fraction of sp³-hybridized carbons (Fsp3) is 0.211. The number of fused-ring (bicyclic) bond motifs is 2. The van der Waals surface area contributed by atoms with Crippen LogP contribution in [0.4, 0.5) is 11.4 Å². The van der Waals surface area contributed by atoms with E-state index in [1.807, 2.05) is 6.07 Å². The van der Waals surface area contributed by atoms with Crippen molar-refractivity contribution < 1.29 is 19.1 Å². The number of anilines is 2. The molecule has 1 fully saturated rings. The Hall–Kier alpha value is -2.80. The summed E-state index contributed by atoms with van der Waals surface area (Å²) in [7, 11) is 1.56. The third-order valence-corrected chi connectivity index (χ3v) is 6.00. The van der Waals surface area contributed by atoms with Gasteiger partial charge < -0.3 is 4.74 Å². The smallest absolute Gasteiger partial charge is 0.275 e. The van der Waals surface area contributed by atoms with Gasteiger partial charge in [0.2, 0.25) is 16.7 Å². The molecule has 0 saturated carbocycles. The lowest BCUT2D eigenvalue weighted by Gasteiger charge is -2.33. The molecule has 0 radical (unpaired) electrons. The number of methoxy groups -OCH3 is 1. The molecular formula is C19H16N2O4S. The van der Waals surface area contributed by atoms with Gasteiger partial charge in [0.15, 0.2) is 0 Å². The maximum Gasteiger partial charge on any atom is 0.275 e. The maximum absolute atomic E-state index is 13.3. The molecule has 0 bridgehead atoms. The Balaban J connectivity index is 1.92. The first kappa shape index (κ1) is 16.7. The number of thioether (sulfide) groups is 1. The summed E-state index contributed by atoms with van der Waals surface area (Å²) in [6, 6.07) is 14.1. The van der Waals surface area contributed by atoms with Crippen LogP contribution < -0.4 is 14.5 Å². The molecule has 6 nitrogen and oxygen atoms in total. The first-order valence-corrected chi connectivity index (χ1v) is 9.05. The largest absolute Gasteiger partial charge is 0.497 e. The van der Waals surface area contributed by atoms with E-state index in [4.69, 9.17) is 4.74 Å². The average Bonchev–Trinajstić information content (AvgIpc) is 3.12. The second-order valence-electron chi connectivity index (χ2n) is 6.04. The highest BCUT2D eigenvalue weighted by atomic mass is 32.2. The molecule has 7 heteroatoms. The van der Waals surface area contributed by atoms with Gasteiger partial charge in [-0.3, -0.25) is 19.3 Å². The number of para-hydroxylation sites is 1. The molecule has 1 unspecified atom stereocenters. The van der Waals surface area contributed by atoms with Gasteiger partial charge in [0.05, 0.1) is 18.6 Å². The molecule has 0 aliphatic carbocycles. The lowest BCUT2D eigenvalue weighted by Crippen LogP contribution is -2.50. The summed E-state index contributed by atoms with van der Waals surface area (Å²) in [6.07, 6.45) is 0. The van der Waals surface area contributed by atoms with Crippen molar-refractivity contribution in [2.75, 3.05) is 22.7 Å². The monoisotopic (exact) mass is 368 g/mol. The number of imide groups is 1. The number of ether oxygens (including phenoxy) is 1. The second-order valence-corrected chi connectivity index (χ2v) is 7.20. The zero-order valence-corrected chi connectivity index (χ0v) is 15.1. The van der Waals surface area contributed by atoms with E-state index in [0.717, 1.165) is 4.90 Å². The summed E-state index contributed by atoms with van der Waals surface area (Å²) in [5.41, 5.74) is 1.78. The van der Waals surface area contributed by atoms with Crippen molar-refractivity contribution >= 4 is 40.9 Å². The first-order chi connectivity index (χ1) is 12.5. The van der Waals surface area contributed by atoms with E-state index in [1.165, 1.54) is 23.6 Å². The quantitative estimate of drug-likeness (QED) is 0.815. The normalized spacial score (nSPS) is 21.5. The highest BCUT2D eigenvalue weighted by molar-refractivity contribution is 8.02. The number of carbonyl (C=O) groups excluding carboxylic acids is 3. The van der Waals surface area contributed by atoms with Gasteiger partial charge >= 0.3 is 0 Å². The molecule has 3 amide bonds. The topological polar surface area (TPSA) is 66.9 Å². The van der Waals surface area contributed by atoms with E-state index < -0.39 is 10.8 Å². The third-order valence-electron chi connectivity index (χ3n) is 4.62. The molecule has 2 aromatic carbocycles. The van der Waals surface area contributed by atoms with Crippen LogP contribution in [0.15, 0.2) is 48.5 Å². The van der Waals surface area contributed by atoms with E-state index in [2.05, 4.69) is 0 Å². The molecule has 2 aromatic rings. The average molecular weight is 368 g/mol. The number of rotatable bonds is 2. The minimum Gasteiger partial charge on any atom is -0.497 e. The Kier molecular flexibility index (Phi) is 3.77. The van der Waals surface area contributed by atoms with Crippen molar-refractivity contribution in [2.24, 2.45) is 0 Å². The van der Waals surface area contributed by atoms with Crippen molar-refractivity contribution in [3.8, 4) is 5.75 Å². The summed E-state index contributed by atoms with van der Waals surface area (Å²) in [5, 5.41) is 0. The molecule has 2 aliphatic heterocycles. The maximum atomic E-state index is 13.3. The van der Waals surface area contributed by atoms with E-state index in [1.54, 1.807) is 49.6 Å². The van der Waals surface area contributed by atoms with Crippen LogP contribution in [0.2, 0.25) is 0 Å². The van der Waals surface area contributed by atoms with Gasteiger partial charge in [-0.2, -0.15) is 0 Å². The van der Waals surface area contributed by atoms with Crippen LogP contribution in [0.5, 0.6) is 5.75 Å². The van der Waals surface area contributed by atoms with Gasteiger partial charge in [-0.25, -0.2) is 4.90 Å². The summed E-state index contributed by atoms with van der Waals surface area (Å²) >= 11 is 1.25. The van der Waals surface area contributed by atoms with Crippen LogP contribution in [0.25, 0.3) is 0 Å². The van der Waals surface area contributed by atoms with E-state index in [0.29, 0.717) is 22.7 Å². The van der Waals surface area contributed by atoms with Crippen LogP contribution in [0.1, 0.15) is 12.5 Å². The van der Waals surface area contributed by atoms with Crippen molar-refractivity contribution in [3.05, 3.63) is 54.1 Å². The summed E-state index contributed by atoms with van der Waals surface area (Å²) in [6.45, 7) is 1.35. The number of amides is 3. The fourth-order valence-corrected chi connectivity index (χ4v) is 4.87. The van der Waals surface area contributed by atoms with Gasteiger partial charge in [0.25, 0.3) is 5.91 Å². The zero-order chi connectivity index (χ0) is 18.5. The molecule has 1 spiro atoms. The second kappa shape index (κ2) is 5.88. The van der Waals surface area contributed by atoms with Gasteiger partial charge in [-0.05, 0) is 30.3 Å². The predicted octanol–water partition coefficient (Wildman–Crippen LogP) is 2.52. The van der Waals surface area contributed by atoms with Crippen LogP contribution in [0, 0.1) is 0 Å². The predicted molar refractivity (Wildman–Crippen MR) is 99.2 cm³/mol. The number of hydrogen-bond donors (Lipinski definition) is 0. The Morgan fingerprint density at radius 2 is 1.81 bits per heavy atom. The third kappa shape index (κ3) is 2.10. The van der Waals surface area contributed by atoms with Crippen molar-refractivity contribution in [1.29, 1.82) is 0 Å². The number of nitrogens with zero attached hydrogens (tertiary/aromatic N) is 2. The van der Waals surface area contributed by atoms with Crippen molar-refractivity contribution in [1.82, 2.24) is 0 Å². The van der Waals surface area contributed by atoms with Crippen LogP contribution >= 0.6 is 11.8 Å². The highest BCUT2D eigenvalue weighted by Crippen LogP contribution is 2.55. The van der Waals surface area contributed by atoms with Crippen LogP contribution in [-0.4, -0.2) is 30.6 Å². The summed E-state index contributed by atoms with van der Waals surface area (Å²) in [4.78, 5) is 39.6. The van der Waals surface area contributed by atoms with E-state index in [9.17, 15) is 14.4 Å². The van der Waals surface area contributed by atoms with Gasteiger partial charge in [-0.15, -0.1) is 11.8 Å². The Morgan fingerprint density at radius 3 is 2.46 bits per heavy atom.